The zero-order valence-electron chi connectivity index (χ0n) is 14.8. The summed E-state index contributed by atoms with van der Waals surface area (Å²) in [4.78, 5) is 0.327. The van der Waals surface area contributed by atoms with Crippen LogP contribution in [0.25, 0.3) is 0 Å². The molecule has 134 valence electrons. The van der Waals surface area contributed by atoms with Crippen LogP contribution in [0.3, 0.4) is 0 Å². The van der Waals surface area contributed by atoms with Gasteiger partial charge in [0.05, 0.1) is 18.0 Å². The van der Waals surface area contributed by atoms with Crippen LogP contribution in [-0.4, -0.2) is 26.4 Å². The number of hydrogen-bond donors (Lipinski definition) is 0. The molecular formula is C20H25NO3S. The molecule has 5 heteroatoms. The van der Waals surface area contributed by atoms with Gasteiger partial charge in [-0.15, -0.1) is 0 Å². The molecule has 1 heterocycles. The smallest absolute Gasteiger partial charge is 0.243 e. The van der Waals surface area contributed by atoms with E-state index in [4.69, 9.17) is 4.74 Å². The highest BCUT2D eigenvalue weighted by molar-refractivity contribution is 7.89. The fourth-order valence-electron chi connectivity index (χ4n) is 3.46. The third-order valence-electron chi connectivity index (χ3n) is 4.80. The Balaban J connectivity index is 1.99. The normalized spacial score (nSPS) is 19.4. The van der Waals surface area contributed by atoms with Crippen LogP contribution in [0.2, 0.25) is 0 Å². The van der Waals surface area contributed by atoms with Gasteiger partial charge in [0.15, 0.2) is 0 Å². The molecule has 2 aromatic rings. The Morgan fingerprint density at radius 2 is 1.80 bits per heavy atom. The molecule has 0 amide bonds. The lowest BCUT2D eigenvalue weighted by Crippen LogP contribution is -2.34. The van der Waals surface area contributed by atoms with Crippen molar-refractivity contribution in [1.29, 1.82) is 0 Å². The minimum Gasteiger partial charge on any atom is -0.497 e. The topological polar surface area (TPSA) is 46.6 Å². The maximum absolute atomic E-state index is 13.3. The lowest BCUT2D eigenvalue weighted by molar-refractivity contribution is 0.329. The number of ether oxygens (including phenoxy) is 1. The zero-order chi connectivity index (χ0) is 17.9. The van der Waals surface area contributed by atoms with Gasteiger partial charge in [0.2, 0.25) is 10.0 Å². The van der Waals surface area contributed by atoms with E-state index in [0.717, 1.165) is 36.8 Å². The summed E-state index contributed by atoms with van der Waals surface area (Å²) in [5.74, 6) is 0.657. The van der Waals surface area contributed by atoms with E-state index in [1.165, 1.54) is 0 Å². The molecule has 1 aliphatic heterocycles. The first-order chi connectivity index (χ1) is 12.0. The first-order valence-corrected chi connectivity index (χ1v) is 10.2. The van der Waals surface area contributed by atoms with E-state index >= 15 is 0 Å². The fraction of sp³-hybridized carbons (Fsp3) is 0.400. The first-order valence-electron chi connectivity index (χ1n) is 8.75. The minimum atomic E-state index is -3.54. The summed E-state index contributed by atoms with van der Waals surface area (Å²) in [5, 5.41) is 0. The van der Waals surface area contributed by atoms with Crippen molar-refractivity contribution in [1.82, 2.24) is 4.31 Å². The van der Waals surface area contributed by atoms with E-state index < -0.39 is 10.0 Å². The number of rotatable bonds is 4. The quantitative estimate of drug-likeness (QED) is 0.817. The van der Waals surface area contributed by atoms with Gasteiger partial charge in [-0.2, -0.15) is 4.31 Å². The average Bonchev–Trinajstić information content (AvgIpc) is 2.88. The zero-order valence-corrected chi connectivity index (χ0v) is 15.6. The number of sulfonamides is 1. The molecule has 4 nitrogen and oxygen atoms in total. The third-order valence-corrected chi connectivity index (χ3v) is 6.72. The molecule has 1 aliphatic rings. The van der Waals surface area contributed by atoms with Crippen LogP contribution in [-0.2, 0) is 10.0 Å². The van der Waals surface area contributed by atoms with Crippen molar-refractivity contribution in [2.75, 3.05) is 13.7 Å². The van der Waals surface area contributed by atoms with E-state index in [1.807, 2.05) is 25.1 Å². The maximum Gasteiger partial charge on any atom is 0.243 e. The van der Waals surface area contributed by atoms with Gasteiger partial charge in [0.25, 0.3) is 0 Å². The largest absolute Gasteiger partial charge is 0.497 e. The summed E-state index contributed by atoms with van der Waals surface area (Å²) < 4.78 is 33.4. The Kier molecular flexibility index (Phi) is 5.45. The van der Waals surface area contributed by atoms with Gasteiger partial charge in [-0.25, -0.2) is 8.42 Å². The van der Waals surface area contributed by atoms with Crippen molar-refractivity contribution in [3.63, 3.8) is 0 Å². The molecule has 1 fully saturated rings. The number of aryl methyl sites for hydroxylation is 1. The van der Waals surface area contributed by atoms with Crippen molar-refractivity contribution >= 4 is 10.0 Å². The molecule has 2 aromatic carbocycles. The minimum absolute atomic E-state index is 0.102. The average molecular weight is 359 g/mol. The summed E-state index contributed by atoms with van der Waals surface area (Å²) >= 11 is 0. The Labute approximate surface area is 150 Å². The number of methoxy groups -OCH3 is 1. The Hall–Kier alpha value is -1.85. The molecular weight excluding hydrogens is 334 g/mol. The van der Waals surface area contributed by atoms with Gasteiger partial charge in [-0.1, -0.05) is 42.7 Å². The van der Waals surface area contributed by atoms with Gasteiger partial charge in [-0.05, 0) is 49.6 Å². The van der Waals surface area contributed by atoms with Gasteiger partial charge in [-0.3, -0.25) is 0 Å². The molecule has 0 radical (unpaired) electrons. The van der Waals surface area contributed by atoms with Crippen LogP contribution in [0, 0.1) is 6.92 Å². The number of benzene rings is 2. The van der Waals surface area contributed by atoms with Crippen LogP contribution >= 0.6 is 0 Å². The molecule has 0 bridgehead atoms. The van der Waals surface area contributed by atoms with E-state index in [-0.39, 0.29) is 6.04 Å². The van der Waals surface area contributed by atoms with E-state index in [0.29, 0.717) is 17.2 Å². The van der Waals surface area contributed by atoms with Crippen molar-refractivity contribution in [2.24, 2.45) is 0 Å². The lowest BCUT2D eigenvalue weighted by atomic mass is 10.0. The summed E-state index contributed by atoms with van der Waals surface area (Å²) in [6, 6.07) is 14.8. The fourth-order valence-corrected chi connectivity index (χ4v) is 5.15. The molecule has 25 heavy (non-hydrogen) atoms. The van der Waals surface area contributed by atoms with Crippen LogP contribution in [0.15, 0.2) is 53.4 Å². The van der Waals surface area contributed by atoms with Crippen LogP contribution in [0.4, 0.5) is 0 Å². The summed E-state index contributed by atoms with van der Waals surface area (Å²) in [6.45, 7) is 2.61. The molecule has 1 saturated heterocycles. The Morgan fingerprint density at radius 3 is 2.48 bits per heavy atom. The predicted molar refractivity (Wildman–Crippen MR) is 99.3 cm³/mol. The molecule has 0 spiro atoms. The first kappa shape index (κ1) is 18.0. The molecule has 0 saturated carbocycles. The predicted octanol–water partition coefficient (Wildman–Crippen LogP) is 4.31. The number of hydrogen-bond acceptors (Lipinski definition) is 3. The molecule has 0 unspecified atom stereocenters. The van der Waals surface area contributed by atoms with Gasteiger partial charge in [0.1, 0.15) is 5.75 Å². The monoisotopic (exact) mass is 359 g/mol. The second kappa shape index (κ2) is 7.58. The van der Waals surface area contributed by atoms with Gasteiger partial charge in [0, 0.05) is 6.54 Å². The van der Waals surface area contributed by atoms with Crippen molar-refractivity contribution in [2.45, 2.75) is 43.5 Å². The van der Waals surface area contributed by atoms with E-state index in [1.54, 1.807) is 35.7 Å². The van der Waals surface area contributed by atoms with Crippen LogP contribution in [0.5, 0.6) is 5.75 Å². The highest BCUT2D eigenvalue weighted by atomic mass is 32.2. The Morgan fingerprint density at radius 1 is 1.04 bits per heavy atom. The summed E-state index contributed by atoms with van der Waals surface area (Å²) in [6.07, 6.45) is 3.88. The second-order valence-corrected chi connectivity index (χ2v) is 8.46. The van der Waals surface area contributed by atoms with Gasteiger partial charge < -0.3 is 4.74 Å². The number of nitrogens with zero attached hydrogens (tertiary/aromatic N) is 1. The van der Waals surface area contributed by atoms with E-state index in [2.05, 4.69) is 6.07 Å². The molecule has 0 aliphatic carbocycles. The van der Waals surface area contributed by atoms with Crippen molar-refractivity contribution in [3.8, 4) is 5.75 Å². The van der Waals surface area contributed by atoms with Crippen LogP contribution in [0.1, 0.15) is 42.9 Å². The standard InChI is InChI=1S/C20H25NO3S/c1-16-7-6-8-17(15-16)20-9-4-3-5-14-21(20)25(22,23)19-12-10-18(24-2)11-13-19/h6-8,10-13,15,20H,3-5,9,14H2,1-2H3/t20-/m1/s1. The highest BCUT2D eigenvalue weighted by Gasteiger charge is 2.33. The lowest BCUT2D eigenvalue weighted by Gasteiger charge is -2.29. The third kappa shape index (κ3) is 3.88. The highest BCUT2D eigenvalue weighted by Crippen LogP contribution is 2.35. The van der Waals surface area contributed by atoms with Gasteiger partial charge >= 0.3 is 0 Å². The SMILES string of the molecule is COc1ccc(S(=O)(=O)N2CCCCC[C@@H]2c2cccc(C)c2)cc1. The summed E-state index contributed by atoms with van der Waals surface area (Å²) in [5.41, 5.74) is 2.24. The van der Waals surface area contributed by atoms with Crippen molar-refractivity contribution in [3.05, 3.63) is 59.7 Å². The van der Waals surface area contributed by atoms with Crippen molar-refractivity contribution < 1.29 is 13.2 Å². The Bertz CT molecular complexity index is 815. The molecule has 0 N–H and O–H groups in total. The second-order valence-electron chi connectivity index (χ2n) is 6.57. The maximum atomic E-state index is 13.3. The van der Waals surface area contributed by atoms with Crippen LogP contribution < -0.4 is 4.74 Å². The molecule has 0 aromatic heterocycles. The molecule has 1 atom stereocenters. The molecule has 3 rings (SSSR count). The summed E-state index contributed by atoms with van der Waals surface area (Å²) in [7, 11) is -1.97. The van der Waals surface area contributed by atoms with E-state index in [9.17, 15) is 8.42 Å².